The van der Waals surface area contributed by atoms with Crippen LogP contribution in [-0.4, -0.2) is 46.0 Å². The Hall–Kier alpha value is -2.64. The molecule has 1 N–H and O–H groups in total. The van der Waals surface area contributed by atoms with Gasteiger partial charge in [0.15, 0.2) is 0 Å². The lowest BCUT2D eigenvalue weighted by molar-refractivity contribution is 0.00492. The van der Waals surface area contributed by atoms with Crippen molar-refractivity contribution in [3.63, 3.8) is 0 Å². The fourth-order valence-electron chi connectivity index (χ4n) is 3.32. The zero-order valence-electron chi connectivity index (χ0n) is 17.7. The van der Waals surface area contributed by atoms with Crippen LogP contribution in [0.1, 0.15) is 22.8 Å². The second-order valence-corrected chi connectivity index (χ2v) is 8.86. The third-order valence-electron chi connectivity index (χ3n) is 5.23. The number of anilines is 1. The van der Waals surface area contributed by atoms with Crippen molar-refractivity contribution in [1.29, 1.82) is 0 Å². The quantitative estimate of drug-likeness (QED) is 0.409. The number of likely N-dealkylation sites (tertiary alicyclic amines) is 1. The number of carbonyl (C=O) groups excluding carboxylic acids is 1. The standard InChI is InChI=1S/C24H21Cl3N4O2/c1-15(2-3-16-4-6-18(25)7-5-16)31-13-19(14-31)33-24-20(8-9-21(26)30-24)29-23(32)17-10-11-28-22(27)12-17/h2-12,15,19H,13-14H2,1H3,(H,29,32). The largest absolute Gasteiger partial charge is 0.470 e. The molecule has 1 aliphatic heterocycles. The summed E-state index contributed by atoms with van der Waals surface area (Å²) in [6.07, 6.45) is 5.63. The number of hydrogen-bond donors (Lipinski definition) is 1. The molecule has 1 atom stereocenters. The number of rotatable bonds is 7. The van der Waals surface area contributed by atoms with Crippen LogP contribution in [0.2, 0.25) is 15.3 Å². The van der Waals surface area contributed by atoms with E-state index in [-0.39, 0.29) is 34.2 Å². The molecule has 1 aliphatic rings. The van der Waals surface area contributed by atoms with E-state index in [0.717, 1.165) is 23.7 Å². The Kier molecular flexibility index (Phi) is 7.50. The maximum Gasteiger partial charge on any atom is 0.255 e. The highest BCUT2D eigenvalue weighted by atomic mass is 35.5. The van der Waals surface area contributed by atoms with Gasteiger partial charge in [0, 0.05) is 35.9 Å². The fraction of sp³-hybridized carbons (Fsp3) is 0.208. The molecule has 0 bridgehead atoms. The molecule has 0 spiro atoms. The van der Waals surface area contributed by atoms with E-state index in [9.17, 15) is 4.79 Å². The number of nitrogens with zero attached hydrogens (tertiary/aromatic N) is 3. The zero-order chi connectivity index (χ0) is 23.4. The van der Waals surface area contributed by atoms with Crippen LogP contribution < -0.4 is 10.1 Å². The molecule has 170 valence electrons. The number of benzene rings is 1. The minimum absolute atomic E-state index is 0.0617. The van der Waals surface area contributed by atoms with Crippen molar-refractivity contribution in [3.8, 4) is 5.88 Å². The van der Waals surface area contributed by atoms with Crippen LogP contribution >= 0.6 is 34.8 Å². The second kappa shape index (κ2) is 10.5. The van der Waals surface area contributed by atoms with Gasteiger partial charge in [-0.3, -0.25) is 9.69 Å². The van der Waals surface area contributed by atoms with Crippen LogP contribution in [0, 0.1) is 0 Å². The molecule has 1 aromatic carbocycles. The van der Waals surface area contributed by atoms with E-state index < -0.39 is 0 Å². The van der Waals surface area contributed by atoms with E-state index in [1.807, 2.05) is 24.3 Å². The van der Waals surface area contributed by atoms with Crippen molar-refractivity contribution >= 4 is 52.5 Å². The maximum atomic E-state index is 12.6. The average molecular weight is 504 g/mol. The summed E-state index contributed by atoms with van der Waals surface area (Å²) in [7, 11) is 0. The molecule has 0 radical (unpaired) electrons. The predicted octanol–water partition coefficient (Wildman–Crippen LogP) is 5.85. The van der Waals surface area contributed by atoms with Gasteiger partial charge < -0.3 is 10.1 Å². The van der Waals surface area contributed by atoms with Gasteiger partial charge in [-0.2, -0.15) is 4.98 Å². The summed E-state index contributed by atoms with van der Waals surface area (Å²) in [5, 5.41) is 4.05. The van der Waals surface area contributed by atoms with E-state index >= 15 is 0 Å². The predicted molar refractivity (Wildman–Crippen MR) is 132 cm³/mol. The highest BCUT2D eigenvalue weighted by molar-refractivity contribution is 6.30. The van der Waals surface area contributed by atoms with Crippen LogP contribution in [-0.2, 0) is 0 Å². The molecule has 3 heterocycles. The van der Waals surface area contributed by atoms with Gasteiger partial charge in [-0.25, -0.2) is 4.98 Å². The van der Waals surface area contributed by atoms with Gasteiger partial charge in [0.25, 0.3) is 5.91 Å². The molecule has 1 unspecified atom stereocenters. The Morgan fingerprint density at radius 2 is 1.88 bits per heavy atom. The van der Waals surface area contributed by atoms with Crippen LogP contribution in [0.25, 0.3) is 6.08 Å². The number of pyridine rings is 2. The molecule has 0 saturated carbocycles. The molecule has 1 fully saturated rings. The molecule has 9 heteroatoms. The summed E-state index contributed by atoms with van der Waals surface area (Å²) in [6, 6.07) is 14.3. The summed E-state index contributed by atoms with van der Waals surface area (Å²) >= 11 is 17.9. The summed E-state index contributed by atoms with van der Waals surface area (Å²) in [5.41, 5.74) is 1.91. The van der Waals surface area contributed by atoms with Crippen molar-refractivity contribution in [1.82, 2.24) is 14.9 Å². The summed E-state index contributed by atoms with van der Waals surface area (Å²) in [4.78, 5) is 23.0. The van der Waals surface area contributed by atoms with Gasteiger partial charge in [-0.1, -0.05) is 59.1 Å². The van der Waals surface area contributed by atoms with E-state index in [1.54, 1.807) is 18.2 Å². The van der Waals surface area contributed by atoms with Crippen LogP contribution in [0.5, 0.6) is 5.88 Å². The van der Waals surface area contributed by atoms with Gasteiger partial charge in [0.1, 0.15) is 22.1 Å². The third-order valence-corrected chi connectivity index (χ3v) is 5.90. The first-order valence-corrected chi connectivity index (χ1v) is 11.4. The lowest BCUT2D eigenvalue weighted by Crippen LogP contribution is -2.56. The van der Waals surface area contributed by atoms with E-state index in [1.165, 1.54) is 12.3 Å². The Morgan fingerprint density at radius 1 is 1.12 bits per heavy atom. The van der Waals surface area contributed by atoms with Gasteiger partial charge in [-0.05, 0) is 48.9 Å². The highest BCUT2D eigenvalue weighted by Crippen LogP contribution is 2.28. The normalized spacial score (nSPS) is 15.3. The van der Waals surface area contributed by atoms with Crippen LogP contribution in [0.3, 0.4) is 0 Å². The van der Waals surface area contributed by atoms with E-state index in [4.69, 9.17) is 39.5 Å². The molecule has 2 aromatic heterocycles. The zero-order valence-corrected chi connectivity index (χ0v) is 20.0. The minimum Gasteiger partial charge on any atom is -0.470 e. The lowest BCUT2D eigenvalue weighted by atomic mass is 10.1. The number of ether oxygens (including phenoxy) is 1. The molecule has 1 amide bonds. The monoisotopic (exact) mass is 502 g/mol. The molecule has 33 heavy (non-hydrogen) atoms. The SMILES string of the molecule is CC(C=Cc1ccc(Cl)cc1)N1CC(Oc2nc(Cl)ccc2NC(=O)c2ccnc(Cl)c2)C1. The summed E-state index contributed by atoms with van der Waals surface area (Å²) in [5.74, 6) is -0.0607. The Labute approximate surface area is 207 Å². The Balaban J connectivity index is 1.35. The topological polar surface area (TPSA) is 67.3 Å². The Bertz CT molecular complexity index is 1160. The van der Waals surface area contributed by atoms with Crippen molar-refractivity contribution in [3.05, 3.63) is 87.3 Å². The van der Waals surface area contributed by atoms with Gasteiger partial charge in [-0.15, -0.1) is 0 Å². The summed E-state index contributed by atoms with van der Waals surface area (Å²) in [6.45, 7) is 3.59. The van der Waals surface area contributed by atoms with Gasteiger partial charge in [0.2, 0.25) is 5.88 Å². The lowest BCUT2D eigenvalue weighted by Gasteiger charge is -2.41. The first-order chi connectivity index (χ1) is 15.9. The molecule has 0 aliphatic carbocycles. The van der Waals surface area contributed by atoms with Crippen LogP contribution in [0.15, 0.2) is 60.8 Å². The minimum atomic E-state index is -0.343. The molecule has 4 rings (SSSR count). The van der Waals surface area contributed by atoms with Crippen molar-refractivity contribution in [2.45, 2.75) is 19.1 Å². The first kappa shape index (κ1) is 23.5. The Morgan fingerprint density at radius 3 is 2.61 bits per heavy atom. The van der Waals surface area contributed by atoms with Crippen LogP contribution in [0.4, 0.5) is 5.69 Å². The second-order valence-electron chi connectivity index (χ2n) is 7.65. The number of halogens is 3. The van der Waals surface area contributed by atoms with E-state index in [0.29, 0.717) is 11.3 Å². The molecule has 1 saturated heterocycles. The molecular weight excluding hydrogens is 483 g/mol. The number of carbonyl (C=O) groups is 1. The molecular formula is C24H21Cl3N4O2. The van der Waals surface area contributed by atoms with Crippen molar-refractivity contribution in [2.75, 3.05) is 18.4 Å². The fourth-order valence-corrected chi connectivity index (χ4v) is 3.76. The molecule has 3 aromatic rings. The number of aromatic nitrogens is 2. The maximum absolute atomic E-state index is 12.6. The first-order valence-electron chi connectivity index (χ1n) is 10.3. The molecule has 6 nitrogen and oxygen atoms in total. The van der Waals surface area contributed by atoms with Gasteiger partial charge >= 0.3 is 0 Å². The van der Waals surface area contributed by atoms with Crippen molar-refractivity contribution in [2.24, 2.45) is 0 Å². The van der Waals surface area contributed by atoms with Crippen molar-refractivity contribution < 1.29 is 9.53 Å². The van der Waals surface area contributed by atoms with Gasteiger partial charge in [0.05, 0.1) is 0 Å². The smallest absolute Gasteiger partial charge is 0.255 e. The number of amides is 1. The summed E-state index contributed by atoms with van der Waals surface area (Å²) < 4.78 is 6.05. The van der Waals surface area contributed by atoms with E-state index in [2.05, 4.69) is 39.3 Å². The number of nitrogens with one attached hydrogen (secondary N) is 1. The third kappa shape index (κ3) is 6.24. The number of hydrogen-bond acceptors (Lipinski definition) is 5. The highest BCUT2D eigenvalue weighted by Gasteiger charge is 2.32. The average Bonchev–Trinajstić information content (AvgIpc) is 2.77.